The van der Waals surface area contributed by atoms with E-state index in [-0.39, 0.29) is 17.9 Å². The third-order valence-corrected chi connectivity index (χ3v) is 7.00. The molecule has 0 unspecified atom stereocenters. The van der Waals surface area contributed by atoms with Gasteiger partial charge in [0.2, 0.25) is 0 Å². The summed E-state index contributed by atoms with van der Waals surface area (Å²) in [6.07, 6.45) is 3.91. The first-order chi connectivity index (χ1) is 18.2. The Balaban J connectivity index is 1.26. The van der Waals surface area contributed by atoms with Crippen molar-refractivity contribution in [3.8, 4) is 5.75 Å². The maximum atomic E-state index is 12.2. The number of carbonyl (C=O) groups is 1. The zero-order valence-electron chi connectivity index (χ0n) is 23.5. The van der Waals surface area contributed by atoms with E-state index in [1.807, 2.05) is 38.1 Å². The van der Waals surface area contributed by atoms with Crippen LogP contribution in [0.2, 0.25) is 0 Å². The number of aromatic nitrogens is 2. The van der Waals surface area contributed by atoms with Crippen LogP contribution in [0, 0.1) is 13.8 Å². The lowest BCUT2D eigenvalue weighted by molar-refractivity contribution is -0.123. The summed E-state index contributed by atoms with van der Waals surface area (Å²) in [5.41, 5.74) is 7.17. The van der Waals surface area contributed by atoms with E-state index < -0.39 is 0 Å². The maximum absolute atomic E-state index is 12.2. The molecule has 5 nitrogen and oxygen atoms in total. The van der Waals surface area contributed by atoms with Gasteiger partial charge in [0.15, 0.2) is 6.61 Å². The number of benzene rings is 3. The molecule has 5 heteroatoms. The molecule has 200 valence electrons. The van der Waals surface area contributed by atoms with Crippen molar-refractivity contribution in [1.82, 2.24) is 14.9 Å². The highest BCUT2D eigenvalue weighted by molar-refractivity contribution is 5.77. The normalized spacial score (nSPS) is 11.6. The lowest BCUT2D eigenvalue weighted by Gasteiger charge is -2.19. The highest BCUT2D eigenvalue weighted by atomic mass is 16.5. The molecule has 0 bridgehead atoms. The predicted molar refractivity (Wildman–Crippen MR) is 156 cm³/mol. The van der Waals surface area contributed by atoms with Gasteiger partial charge < -0.3 is 14.6 Å². The monoisotopic (exact) mass is 511 g/mol. The minimum absolute atomic E-state index is 0.0467. The molecule has 1 N–H and O–H groups in total. The van der Waals surface area contributed by atoms with Gasteiger partial charge in [-0.3, -0.25) is 4.79 Å². The average molecular weight is 512 g/mol. The molecule has 38 heavy (non-hydrogen) atoms. The molecule has 0 aliphatic rings. The van der Waals surface area contributed by atoms with E-state index in [1.165, 1.54) is 16.6 Å². The van der Waals surface area contributed by atoms with Crippen molar-refractivity contribution in [3.05, 3.63) is 94.8 Å². The van der Waals surface area contributed by atoms with E-state index in [9.17, 15) is 4.79 Å². The van der Waals surface area contributed by atoms with Crippen LogP contribution in [0.3, 0.4) is 0 Å². The Morgan fingerprint density at radius 2 is 1.71 bits per heavy atom. The zero-order chi connectivity index (χ0) is 27.1. The number of hydrogen-bond donors (Lipinski definition) is 1. The molecule has 0 aliphatic heterocycles. The minimum atomic E-state index is -0.0785. The third kappa shape index (κ3) is 7.25. The number of nitrogens with one attached hydrogen (secondary N) is 1. The molecule has 0 aliphatic carbocycles. The van der Waals surface area contributed by atoms with Crippen molar-refractivity contribution >= 4 is 16.9 Å². The second-order valence-corrected chi connectivity index (χ2v) is 11.3. The maximum Gasteiger partial charge on any atom is 0.257 e. The highest BCUT2D eigenvalue weighted by Gasteiger charge is 2.14. The summed E-state index contributed by atoms with van der Waals surface area (Å²) < 4.78 is 8.06. The molecule has 0 fully saturated rings. The predicted octanol–water partition coefficient (Wildman–Crippen LogP) is 6.91. The molecule has 0 spiro atoms. The molecular formula is C33H41N3O2. The number of unbranched alkanes of at least 4 members (excludes halogenated alkanes) is 2. The summed E-state index contributed by atoms with van der Waals surface area (Å²) in [4.78, 5) is 17.2. The van der Waals surface area contributed by atoms with Crippen molar-refractivity contribution in [2.24, 2.45) is 0 Å². The van der Waals surface area contributed by atoms with Crippen LogP contribution in [0.5, 0.6) is 5.75 Å². The Kier molecular flexibility index (Phi) is 8.88. The third-order valence-electron chi connectivity index (χ3n) is 7.00. The molecule has 0 radical (unpaired) electrons. The van der Waals surface area contributed by atoms with Crippen LogP contribution in [0.4, 0.5) is 0 Å². The van der Waals surface area contributed by atoms with Gasteiger partial charge in [-0.05, 0) is 72.6 Å². The van der Waals surface area contributed by atoms with Gasteiger partial charge >= 0.3 is 0 Å². The van der Waals surface area contributed by atoms with Gasteiger partial charge in [0.05, 0.1) is 11.0 Å². The van der Waals surface area contributed by atoms with Gasteiger partial charge in [0.1, 0.15) is 11.6 Å². The number of aryl methyl sites for hydroxylation is 3. The Hall–Kier alpha value is -3.60. The summed E-state index contributed by atoms with van der Waals surface area (Å²) in [5.74, 6) is 1.82. The number of hydrogen-bond acceptors (Lipinski definition) is 3. The summed E-state index contributed by atoms with van der Waals surface area (Å²) >= 11 is 0. The van der Waals surface area contributed by atoms with Crippen molar-refractivity contribution in [1.29, 1.82) is 0 Å². The van der Waals surface area contributed by atoms with Gasteiger partial charge in [-0.1, -0.05) is 75.7 Å². The van der Waals surface area contributed by atoms with Gasteiger partial charge in [-0.2, -0.15) is 0 Å². The lowest BCUT2D eigenvalue weighted by Crippen LogP contribution is -2.29. The first kappa shape index (κ1) is 27.4. The van der Waals surface area contributed by atoms with Crippen LogP contribution in [-0.4, -0.2) is 28.6 Å². The molecule has 0 saturated heterocycles. The summed E-state index contributed by atoms with van der Waals surface area (Å²) in [7, 11) is 0. The minimum Gasteiger partial charge on any atom is -0.483 e. The fraction of sp³-hybridized carbons (Fsp3) is 0.394. The van der Waals surface area contributed by atoms with E-state index in [1.54, 1.807) is 0 Å². The van der Waals surface area contributed by atoms with E-state index in [4.69, 9.17) is 9.72 Å². The van der Waals surface area contributed by atoms with Crippen LogP contribution in [-0.2, 0) is 23.2 Å². The highest BCUT2D eigenvalue weighted by Crippen LogP contribution is 2.24. The van der Waals surface area contributed by atoms with Gasteiger partial charge in [-0.25, -0.2) is 4.98 Å². The smallest absolute Gasteiger partial charge is 0.257 e. The van der Waals surface area contributed by atoms with E-state index in [0.717, 1.165) is 60.4 Å². The van der Waals surface area contributed by atoms with E-state index >= 15 is 0 Å². The number of ether oxygens (including phenoxy) is 1. The number of amides is 1. The summed E-state index contributed by atoms with van der Waals surface area (Å²) in [6.45, 7) is 12.3. The van der Waals surface area contributed by atoms with Gasteiger partial charge in [-0.15, -0.1) is 0 Å². The Morgan fingerprint density at radius 1 is 0.947 bits per heavy atom. The fourth-order valence-electron chi connectivity index (χ4n) is 4.66. The summed E-state index contributed by atoms with van der Waals surface area (Å²) in [6, 6.07) is 23.4. The second kappa shape index (κ2) is 12.3. The molecule has 1 heterocycles. The van der Waals surface area contributed by atoms with Gasteiger partial charge in [0.25, 0.3) is 5.91 Å². The molecule has 4 aromatic rings. The first-order valence-electron chi connectivity index (χ1n) is 13.7. The zero-order valence-corrected chi connectivity index (χ0v) is 23.5. The average Bonchev–Trinajstić information content (AvgIpc) is 3.23. The van der Waals surface area contributed by atoms with Crippen molar-refractivity contribution in [2.45, 2.75) is 72.3 Å². The molecule has 3 aromatic carbocycles. The Labute approximate surface area is 227 Å². The number of nitrogens with zero attached hydrogens (tertiary/aromatic N) is 2. The quantitative estimate of drug-likeness (QED) is 0.223. The van der Waals surface area contributed by atoms with Crippen molar-refractivity contribution in [2.75, 3.05) is 13.2 Å². The van der Waals surface area contributed by atoms with Crippen molar-refractivity contribution < 1.29 is 9.53 Å². The van der Waals surface area contributed by atoms with Gasteiger partial charge in [0, 0.05) is 19.5 Å². The number of carbonyl (C=O) groups excluding carboxylic acids is 1. The van der Waals surface area contributed by atoms with Crippen LogP contribution in [0.1, 0.15) is 68.1 Å². The number of para-hydroxylation sites is 2. The van der Waals surface area contributed by atoms with E-state index in [0.29, 0.717) is 6.54 Å². The molecule has 1 aromatic heterocycles. The standard InChI is InChI=1S/C33H41N3O2/c1-24-14-15-25(2)30(21-24)38-23-32(37)34-20-10-6-7-13-31-35-28-11-8-9-12-29(28)36(31)22-26-16-18-27(19-17-26)33(3,4)5/h8-9,11-12,14-19,21H,6-7,10,13,20,22-23H2,1-5H3,(H,34,37). The fourth-order valence-corrected chi connectivity index (χ4v) is 4.66. The Bertz CT molecular complexity index is 1360. The molecular weight excluding hydrogens is 470 g/mol. The van der Waals surface area contributed by atoms with Crippen LogP contribution < -0.4 is 10.1 Å². The van der Waals surface area contributed by atoms with Crippen LogP contribution in [0.15, 0.2) is 66.7 Å². The van der Waals surface area contributed by atoms with Crippen LogP contribution in [0.25, 0.3) is 11.0 Å². The number of fused-ring (bicyclic) bond motifs is 1. The van der Waals surface area contributed by atoms with E-state index in [2.05, 4.69) is 73.1 Å². The number of imidazole rings is 1. The second-order valence-electron chi connectivity index (χ2n) is 11.3. The number of rotatable bonds is 11. The van der Waals surface area contributed by atoms with Crippen molar-refractivity contribution in [3.63, 3.8) is 0 Å². The molecule has 4 rings (SSSR count). The first-order valence-corrected chi connectivity index (χ1v) is 13.7. The topological polar surface area (TPSA) is 56.1 Å². The molecule has 0 atom stereocenters. The largest absolute Gasteiger partial charge is 0.483 e. The van der Waals surface area contributed by atoms with Crippen LogP contribution >= 0.6 is 0 Å². The Morgan fingerprint density at radius 3 is 2.47 bits per heavy atom. The molecule has 1 amide bonds. The lowest BCUT2D eigenvalue weighted by atomic mass is 9.87. The SMILES string of the molecule is Cc1ccc(C)c(OCC(=O)NCCCCCc2nc3ccccc3n2Cc2ccc(C(C)(C)C)cc2)c1. The summed E-state index contributed by atoms with van der Waals surface area (Å²) in [5, 5.41) is 2.98. The molecule has 0 saturated carbocycles.